The first-order valence-electron chi connectivity index (χ1n) is 9.83. The summed E-state index contributed by atoms with van der Waals surface area (Å²) in [6.07, 6.45) is -2.98. The van der Waals surface area contributed by atoms with Crippen LogP contribution in [0.1, 0.15) is 24.0 Å². The largest absolute Gasteiger partial charge is 0.573 e. The summed E-state index contributed by atoms with van der Waals surface area (Å²) in [4.78, 5) is 4.22. The third-order valence-corrected chi connectivity index (χ3v) is 5.30. The molecule has 1 fully saturated rings. The van der Waals surface area contributed by atoms with E-state index in [2.05, 4.69) is 32.5 Å². The molecule has 170 valence electrons. The Hall–Kier alpha value is -2.01. The molecule has 2 aromatic carbocycles. The minimum absolute atomic E-state index is 0. The Morgan fingerprint density at radius 2 is 1.68 bits per heavy atom. The monoisotopic (exact) mass is 549 g/mol. The lowest BCUT2D eigenvalue weighted by atomic mass is 9.74. The second kappa shape index (κ2) is 11.6. The molecule has 1 saturated heterocycles. The summed E-state index contributed by atoms with van der Waals surface area (Å²) in [6.45, 7) is 2.16. The molecular formula is C22H27F3IN3O2. The first-order chi connectivity index (χ1) is 14.4. The average Bonchev–Trinajstić information content (AvgIpc) is 2.75. The van der Waals surface area contributed by atoms with E-state index in [0.29, 0.717) is 31.3 Å². The minimum Gasteiger partial charge on any atom is -0.405 e. The number of hydrogen-bond donors (Lipinski definition) is 2. The number of para-hydroxylation sites is 1. The zero-order valence-corrected chi connectivity index (χ0v) is 19.6. The van der Waals surface area contributed by atoms with E-state index in [4.69, 9.17) is 4.74 Å². The quantitative estimate of drug-likeness (QED) is 0.314. The van der Waals surface area contributed by atoms with E-state index in [1.54, 1.807) is 19.2 Å². The molecule has 0 aromatic heterocycles. The average molecular weight is 549 g/mol. The van der Waals surface area contributed by atoms with Gasteiger partial charge < -0.3 is 20.1 Å². The molecule has 2 aromatic rings. The van der Waals surface area contributed by atoms with E-state index in [-0.39, 0.29) is 41.7 Å². The molecule has 0 unspecified atom stereocenters. The molecule has 5 nitrogen and oxygen atoms in total. The van der Waals surface area contributed by atoms with E-state index in [1.165, 1.54) is 17.7 Å². The van der Waals surface area contributed by atoms with E-state index < -0.39 is 6.36 Å². The van der Waals surface area contributed by atoms with Crippen molar-refractivity contribution in [1.82, 2.24) is 10.6 Å². The molecular weight excluding hydrogens is 522 g/mol. The van der Waals surface area contributed by atoms with E-state index in [1.807, 2.05) is 18.2 Å². The van der Waals surface area contributed by atoms with Gasteiger partial charge in [-0.25, -0.2) is 0 Å². The van der Waals surface area contributed by atoms with Gasteiger partial charge in [0.1, 0.15) is 5.75 Å². The summed E-state index contributed by atoms with van der Waals surface area (Å²) in [6, 6.07) is 16.3. The highest BCUT2D eigenvalue weighted by Crippen LogP contribution is 2.34. The number of rotatable bonds is 6. The van der Waals surface area contributed by atoms with Gasteiger partial charge in [0.15, 0.2) is 5.96 Å². The molecule has 3 rings (SSSR count). The van der Waals surface area contributed by atoms with Crippen LogP contribution < -0.4 is 15.4 Å². The summed E-state index contributed by atoms with van der Waals surface area (Å²) < 4.78 is 47.6. The Kier molecular flexibility index (Phi) is 9.42. The number of halogens is 4. The Morgan fingerprint density at radius 1 is 1.03 bits per heavy atom. The summed E-state index contributed by atoms with van der Waals surface area (Å²) in [5.74, 6) is 0.289. The molecule has 0 atom stereocenters. The van der Waals surface area contributed by atoms with E-state index in [0.717, 1.165) is 12.8 Å². The Bertz CT molecular complexity index is 841. The normalized spacial score (nSPS) is 16.2. The van der Waals surface area contributed by atoms with Gasteiger partial charge in [0.05, 0.1) is 0 Å². The van der Waals surface area contributed by atoms with Crippen LogP contribution in [-0.2, 0) is 16.7 Å². The molecule has 0 radical (unpaired) electrons. The maximum Gasteiger partial charge on any atom is 0.573 e. The molecule has 9 heteroatoms. The van der Waals surface area contributed by atoms with Crippen LogP contribution in [0.25, 0.3) is 0 Å². The lowest BCUT2D eigenvalue weighted by molar-refractivity contribution is -0.274. The van der Waals surface area contributed by atoms with Gasteiger partial charge in [-0.05, 0) is 24.5 Å². The van der Waals surface area contributed by atoms with Crippen LogP contribution in [0.2, 0.25) is 0 Å². The van der Waals surface area contributed by atoms with Crippen molar-refractivity contribution in [3.05, 3.63) is 65.7 Å². The molecule has 0 saturated carbocycles. The predicted molar refractivity (Wildman–Crippen MR) is 125 cm³/mol. The van der Waals surface area contributed by atoms with Crippen molar-refractivity contribution in [1.29, 1.82) is 0 Å². The van der Waals surface area contributed by atoms with Crippen LogP contribution in [0.4, 0.5) is 13.2 Å². The molecule has 1 heterocycles. The van der Waals surface area contributed by atoms with Crippen LogP contribution in [0.5, 0.6) is 5.75 Å². The van der Waals surface area contributed by atoms with Crippen LogP contribution in [-0.4, -0.2) is 39.1 Å². The molecule has 2 N–H and O–H groups in total. The van der Waals surface area contributed by atoms with Crippen LogP contribution in [0, 0.1) is 0 Å². The third kappa shape index (κ3) is 7.27. The number of guanidine groups is 1. The number of alkyl halides is 3. The minimum atomic E-state index is -4.73. The van der Waals surface area contributed by atoms with E-state index in [9.17, 15) is 13.2 Å². The third-order valence-electron chi connectivity index (χ3n) is 5.30. The van der Waals surface area contributed by atoms with Gasteiger partial charge in [-0.15, -0.1) is 37.1 Å². The predicted octanol–water partition coefficient (Wildman–Crippen LogP) is 4.62. The molecule has 0 aliphatic carbocycles. The lowest BCUT2D eigenvalue weighted by Gasteiger charge is -2.38. The van der Waals surface area contributed by atoms with Gasteiger partial charge >= 0.3 is 6.36 Å². The molecule has 0 bridgehead atoms. The summed E-state index contributed by atoms with van der Waals surface area (Å²) in [5.41, 5.74) is 1.54. The summed E-state index contributed by atoms with van der Waals surface area (Å²) >= 11 is 0. The van der Waals surface area contributed by atoms with Crippen molar-refractivity contribution in [3.63, 3.8) is 0 Å². The van der Waals surface area contributed by atoms with Gasteiger partial charge in [0.2, 0.25) is 0 Å². The number of nitrogens with zero attached hydrogens (tertiary/aromatic N) is 1. The Labute approximate surface area is 197 Å². The standard InChI is InChI=1S/C22H26F3N3O2.HI/c1-26-20(27-15-17-7-5-6-10-19(17)30-22(23,24)25)28-16-21(11-13-29-14-12-21)18-8-3-2-4-9-18;/h2-10H,11-16H2,1H3,(H2,26,27,28);1H. The fourth-order valence-electron chi connectivity index (χ4n) is 3.65. The zero-order valence-electron chi connectivity index (χ0n) is 17.2. The van der Waals surface area contributed by atoms with Gasteiger partial charge in [-0.2, -0.15) is 0 Å². The number of benzene rings is 2. The number of ether oxygens (including phenoxy) is 2. The Balaban J connectivity index is 0.00000341. The molecule has 1 aliphatic heterocycles. The van der Waals surface area contributed by atoms with Crippen LogP contribution in [0.15, 0.2) is 59.6 Å². The van der Waals surface area contributed by atoms with Crippen LogP contribution >= 0.6 is 24.0 Å². The topological polar surface area (TPSA) is 54.9 Å². The number of aliphatic imine (C=N–C) groups is 1. The highest BCUT2D eigenvalue weighted by Gasteiger charge is 2.34. The first-order valence-corrected chi connectivity index (χ1v) is 9.83. The second-order valence-electron chi connectivity index (χ2n) is 7.19. The van der Waals surface area contributed by atoms with Crippen molar-refractivity contribution in [2.24, 2.45) is 4.99 Å². The molecule has 31 heavy (non-hydrogen) atoms. The SMILES string of the molecule is CN=C(NCc1ccccc1OC(F)(F)F)NCC1(c2ccccc2)CCOCC1.I. The smallest absolute Gasteiger partial charge is 0.405 e. The fraction of sp³-hybridized carbons (Fsp3) is 0.409. The zero-order chi connectivity index (χ0) is 21.5. The first kappa shape index (κ1) is 25.3. The maximum atomic E-state index is 12.6. The highest BCUT2D eigenvalue weighted by atomic mass is 127. The van der Waals surface area contributed by atoms with Gasteiger partial charge in [0, 0.05) is 44.3 Å². The van der Waals surface area contributed by atoms with Crippen molar-refractivity contribution < 1.29 is 22.6 Å². The number of nitrogens with one attached hydrogen (secondary N) is 2. The summed E-state index contributed by atoms with van der Waals surface area (Å²) in [5, 5.41) is 6.42. The fourth-order valence-corrected chi connectivity index (χ4v) is 3.65. The van der Waals surface area contributed by atoms with Crippen molar-refractivity contribution in [2.45, 2.75) is 31.2 Å². The second-order valence-corrected chi connectivity index (χ2v) is 7.19. The Morgan fingerprint density at radius 3 is 2.32 bits per heavy atom. The number of hydrogen-bond acceptors (Lipinski definition) is 3. The van der Waals surface area contributed by atoms with Crippen LogP contribution in [0.3, 0.4) is 0 Å². The van der Waals surface area contributed by atoms with Crippen molar-refractivity contribution >= 4 is 29.9 Å². The van der Waals surface area contributed by atoms with Crippen molar-refractivity contribution in [2.75, 3.05) is 26.8 Å². The molecule has 0 spiro atoms. The molecule has 0 amide bonds. The summed E-state index contributed by atoms with van der Waals surface area (Å²) in [7, 11) is 1.63. The van der Waals surface area contributed by atoms with E-state index >= 15 is 0 Å². The van der Waals surface area contributed by atoms with Crippen molar-refractivity contribution in [3.8, 4) is 5.75 Å². The highest BCUT2D eigenvalue weighted by molar-refractivity contribution is 14.0. The van der Waals surface area contributed by atoms with Gasteiger partial charge in [0.25, 0.3) is 0 Å². The maximum absolute atomic E-state index is 12.6. The van der Waals surface area contributed by atoms with Gasteiger partial charge in [-0.1, -0.05) is 48.5 Å². The lowest BCUT2D eigenvalue weighted by Crippen LogP contribution is -2.47. The van der Waals surface area contributed by atoms with Gasteiger partial charge in [-0.3, -0.25) is 4.99 Å². The molecule has 1 aliphatic rings.